The highest BCUT2D eigenvalue weighted by atomic mass is 79.9. The Hall–Kier alpha value is -2.20. The van der Waals surface area contributed by atoms with Crippen LogP contribution in [-0.4, -0.2) is 36.1 Å². The van der Waals surface area contributed by atoms with Crippen molar-refractivity contribution in [2.24, 2.45) is 0 Å². The average molecular weight is 362 g/mol. The number of hydrogen-bond donors (Lipinski definition) is 0. The van der Waals surface area contributed by atoms with Crippen LogP contribution in [0.3, 0.4) is 0 Å². The summed E-state index contributed by atoms with van der Waals surface area (Å²) in [6.07, 6.45) is 3.27. The number of nitrogens with zero attached hydrogens (tertiary/aromatic N) is 5. The van der Waals surface area contributed by atoms with E-state index in [1.165, 1.54) is 6.07 Å². The minimum Gasteiger partial charge on any atom is -0.352 e. The van der Waals surface area contributed by atoms with Crippen LogP contribution < -0.4 is 9.80 Å². The summed E-state index contributed by atoms with van der Waals surface area (Å²) < 4.78 is 14.6. The second-order valence-electron chi connectivity index (χ2n) is 4.92. The van der Waals surface area contributed by atoms with Gasteiger partial charge in [0, 0.05) is 43.0 Å². The minimum atomic E-state index is -0.335. The summed E-state index contributed by atoms with van der Waals surface area (Å²) in [5, 5.41) is 9.15. The molecule has 1 saturated heterocycles. The third-order valence-electron chi connectivity index (χ3n) is 3.57. The normalized spacial score (nSPS) is 14.8. The first-order valence-electron chi connectivity index (χ1n) is 6.85. The Balaban J connectivity index is 1.74. The topological polar surface area (TPSA) is 56.1 Å². The summed E-state index contributed by atoms with van der Waals surface area (Å²) in [7, 11) is 0. The van der Waals surface area contributed by atoms with Crippen LogP contribution in [0.1, 0.15) is 5.56 Å². The van der Waals surface area contributed by atoms with Gasteiger partial charge in [0.05, 0.1) is 5.56 Å². The van der Waals surface area contributed by atoms with Crippen molar-refractivity contribution >= 4 is 27.6 Å². The molecule has 1 aliphatic heterocycles. The Morgan fingerprint density at radius 3 is 2.45 bits per heavy atom. The van der Waals surface area contributed by atoms with Crippen LogP contribution in [-0.2, 0) is 0 Å². The van der Waals surface area contributed by atoms with E-state index in [0.717, 1.165) is 0 Å². The van der Waals surface area contributed by atoms with Gasteiger partial charge >= 0.3 is 0 Å². The van der Waals surface area contributed by atoms with E-state index in [4.69, 9.17) is 5.26 Å². The Morgan fingerprint density at radius 1 is 1.14 bits per heavy atom. The third-order valence-corrected chi connectivity index (χ3v) is 4.01. The fraction of sp³-hybridized carbons (Fsp3) is 0.267. The Kier molecular flexibility index (Phi) is 4.20. The van der Waals surface area contributed by atoms with Gasteiger partial charge in [-0.3, -0.25) is 0 Å². The number of anilines is 2. The maximum Gasteiger partial charge on any atom is 0.166 e. The molecule has 0 bridgehead atoms. The first-order valence-corrected chi connectivity index (χ1v) is 7.64. The van der Waals surface area contributed by atoms with Gasteiger partial charge in [-0.15, -0.1) is 0 Å². The van der Waals surface area contributed by atoms with Crippen molar-refractivity contribution in [3.05, 3.63) is 46.4 Å². The van der Waals surface area contributed by atoms with Crippen LogP contribution in [0, 0.1) is 17.1 Å². The van der Waals surface area contributed by atoms with Gasteiger partial charge in [-0.1, -0.05) is 0 Å². The van der Waals surface area contributed by atoms with Gasteiger partial charge in [-0.05, 0) is 34.1 Å². The fourth-order valence-corrected chi connectivity index (χ4v) is 2.81. The molecule has 3 rings (SSSR count). The molecule has 22 heavy (non-hydrogen) atoms. The highest BCUT2D eigenvalue weighted by Crippen LogP contribution is 2.23. The molecule has 112 valence electrons. The molecule has 1 fully saturated rings. The monoisotopic (exact) mass is 361 g/mol. The van der Waals surface area contributed by atoms with Gasteiger partial charge in [-0.2, -0.15) is 5.26 Å². The molecule has 2 aromatic rings. The zero-order valence-electron chi connectivity index (χ0n) is 11.7. The maximum absolute atomic E-state index is 14.0. The van der Waals surface area contributed by atoms with Crippen molar-refractivity contribution in [3.63, 3.8) is 0 Å². The summed E-state index contributed by atoms with van der Waals surface area (Å²) in [6.45, 7) is 2.60. The van der Waals surface area contributed by atoms with E-state index >= 15 is 0 Å². The van der Waals surface area contributed by atoms with E-state index in [0.29, 0.717) is 47.9 Å². The molecular formula is C15H13BrFN5. The molecule has 7 heteroatoms. The summed E-state index contributed by atoms with van der Waals surface area (Å²) in [6, 6.07) is 7.08. The number of aromatic nitrogens is 2. The minimum absolute atomic E-state index is 0.335. The Bertz CT molecular complexity index is 722. The van der Waals surface area contributed by atoms with Crippen LogP contribution in [0.2, 0.25) is 0 Å². The van der Waals surface area contributed by atoms with Gasteiger partial charge in [0.25, 0.3) is 0 Å². The molecule has 0 N–H and O–H groups in total. The van der Waals surface area contributed by atoms with Gasteiger partial charge in [0.2, 0.25) is 0 Å². The molecule has 0 saturated carbocycles. The lowest BCUT2D eigenvalue weighted by Crippen LogP contribution is -2.47. The molecular weight excluding hydrogens is 349 g/mol. The van der Waals surface area contributed by atoms with Crippen molar-refractivity contribution in [1.29, 1.82) is 5.26 Å². The van der Waals surface area contributed by atoms with E-state index in [1.807, 2.05) is 9.80 Å². The molecule has 0 aliphatic carbocycles. The smallest absolute Gasteiger partial charge is 0.166 e. The lowest BCUT2D eigenvalue weighted by molar-refractivity contribution is 0.586. The van der Waals surface area contributed by atoms with Gasteiger partial charge in [0.15, 0.2) is 11.6 Å². The molecule has 0 amide bonds. The molecule has 0 radical (unpaired) electrons. The second kappa shape index (κ2) is 6.28. The summed E-state index contributed by atoms with van der Waals surface area (Å²) in [4.78, 5) is 12.4. The van der Waals surface area contributed by atoms with Crippen LogP contribution in [0.5, 0.6) is 0 Å². The first-order chi connectivity index (χ1) is 10.7. The number of halogens is 2. The quantitative estimate of drug-likeness (QED) is 0.822. The SMILES string of the molecule is N#Cc1cccnc1N1CCN(c2ncc(Br)cc2F)CC1. The van der Waals surface area contributed by atoms with Crippen molar-refractivity contribution in [1.82, 2.24) is 9.97 Å². The highest BCUT2D eigenvalue weighted by Gasteiger charge is 2.22. The highest BCUT2D eigenvalue weighted by molar-refractivity contribution is 9.10. The molecule has 0 unspecified atom stereocenters. The summed E-state index contributed by atoms with van der Waals surface area (Å²) >= 11 is 3.21. The van der Waals surface area contributed by atoms with Gasteiger partial charge < -0.3 is 9.80 Å². The van der Waals surface area contributed by atoms with E-state index in [9.17, 15) is 4.39 Å². The van der Waals surface area contributed by atoms with Crippen LogP contribution in [0.25, 0.3) is 0 Å². The molecule has 0 spiro atoms. The van der Waals surface area contributed by atoms with E-state index < -0.39 is 0 Å². The predicted molar refractivity (Wildman–Crippen MR) is 85.3 cm³/mol. The second-order valence-corrected chi connectivity index (χ2v) is 5.84. The molecule has 0 atom stereocenters. The Morgan fingerprint density at radius 2 is 1.82 bits per heavy atom. The lowest BCUT2D eigenvalue weighted by Gasteiger charge is -2.36. The summed E-state index contributed by atoms with van der Waals surface area (Å²) in [5.41, 5.74) is 0.559. The van der Waals surface area contributed by atoms with E-state index in [2.05, 4.69) is 32.0 Å². The number of nitriles is 1. The molecule has 0 aromatic carbocycles. The third kappa shape index (κ3) is 2.88. The van der Waals surface area contributed by atoms with Gasteiger partial charge in [-0.25, -0.2) is 14.4 Å². The first kappa shape index (κ1) is 14.7. The maximum atomic E-state index is 14.0. The van der Waals surface area contributed by atoms with E-state index in [1.54, 1.807) is 24.5 Å². The molecule has 3 heterocycles. The van der Waals surface area contributed by atoms with Gasteiger partial charge in [0.1, 0.15) is 11.9 Å². The van der Waals surface area contributed by atoms with E-state index in [-0.39, 0.29) is 5.82 Å². The number of pyridine rings is 2. The Labute approximate surface area is 136 Å². The number of piperazine rings is 1. The largest absolute Gasteiger partial charge is 0.352 e. The fourth-order valence-electron chi connectivity index (χ4n) is 2.51. The van der Waals surface area contributed by atoms with Crippen molar-refractivity contribution in [2.75, 3.05) is 36.0 Å². The standard InChI is InChI=1S/C15H13BrFN5/c16-12-8-13(17)15(20-10-12)22-6-4-21(5-7-22)14-11(9-18)2-1-3-19-14/h1-3,8,10H,4-7H2. The zero-order valence-corrected chi connectivity index (χ0v) is 13.3. The van der Waals surface area contributed by atoms with Crippen molar-refractivity contribution in [2.45, 2.75) is 0 Å². The predicted octanol–water partition coefficient (Wildman–Crippen LogP) is 2.58. The zero-order chi connectivity index (χ0) is 15.5. The van der Waals surface area contributed by atoms with Crippen LogP contribution >= 0.6 is 15.9 Å². The van der Waals surface area contributed by atoms with Crippen molar-refractivity contribution in [3.8, 4) is 6.07 Å². The van der Waals surface area contributed by atoms with Crippen LogP contribution in [0.4, 0.5) is 16.0 Å². The molecule has 1 aliphatic rings. The van der Waals surface area contributed by atoms with Crippen LogP contribution in [0.15, 0.2) is 35.1 Å². The average Bonchev–Trinajstić information content (AvgIpc) is 2.55. The summed E-state index contributed by atoms with van der Waals surface area (Å²) in [5.74, 6) is 0.719. The van der Waals surface area contributed by atoms with Crippen molar-refractivity contribution < 1.29 is 4.39 Å². The number of hydrogen-bond acceptors (Lipinski definition) is 5. The molecule has 5 nitrogen and oxygen atoms in total. The lowest BCUT2D eigenvalue weighted by atomic mass is 10.2. The molecule has 2 aromatic heterocycles. The number of rotatable bonds is 2.